The fourth-order valence-electron chi connectivity index (χ4n) is 4.79. The van der Waals surface area contributed by atoms with Gasteiger partial charge in [-0.3, -0.25) is 15.1 Å². The van der Waals surface area contributed by atoms with E-state index in [4.69, 9.17) is 21.7 Å². The minimum absolute atomic E-state index is 0.0156. The van der Waals surface area contributed by atoms with Crippen molar-refractivity contribution < 1.29 is 14.4 Å². The molecule has 2 aromatic heterocycles. The molecule has 3 aromatic rings. The van der Waals surface area contributed by atoms with Crippen molar-refractivity contribution in [3.8, 4) is 11.4 Å². The van der Waals surface area contributed by atoms with Crippen molar-refractivity contribution in [1.82, 2.24) is 19.8 Å². The minimum Gasteiger partial charge on any atom is -0.494 e. The van der Waals surface area contributed by atoms with Crippen LogP contribution in [0.3, 0.4) is 0 Å². The van der Waals surface area contributed by atoms with E-state index in [2.05, 4.69) is 25.8 Å². The van der Waals surface area contributed by atoms with Gasteiger partial charge in [0.15, 0.2) is 5.11 Å². The van der Waals surface area contributed by atoms with Crippen LogP contribution in [-0.4, -0.2) is 51.9 Å². The van der Waals surface area contributed by atoms with E-state index in [1.54, 1.807) is 19.4 Å². The Morgan fingerprint density at radius 2 is 2.00 bits per heavy atom. The second kappa shape index (κ2) is 10.4. The highest BCUT2D eigenvalue weighted by Gasteiger charge is 2.41. The van der Waals surface area contributed by atoms with Gasteiger partial charge in [0.1, 0.15) is 5.75 Å². The van der Waals surface area contributed by atoms with Gasteiger partial charge in [0.05, 0.1) is 41.6 Å². The first kappa shape index (κ1) is 24.6. The topological polar surface area (TPSA) is 94.7 Å². The zero-order chi connectivity index (χ0) is 25.1. The smallest absolute Gasteiger partial charge is 0.273 e. The number of nitrogens with one attached hydrogen (secondary N) is 1. The van der Waals surface area contributed by atoms with Gasteiger partial charge in [-0.05, 0) is 62.3 Å². The Hall–Kier alpha value is -3.50. The number of methoxy groups -OCH3 is 2. The van der Waals surface area contributed by atoms with E-state index in [-0.39, 0.29) is 17.8 Å². The molecule has 0 saturated carbocycles. The molecule has 3 heterocycles. The van der Waals surface area contributed by atoms with Crippen LogP contribution in [0.4, 0.5) is 5.69 Å². The van der Waals surface area contributed by atoms with E-state index >= 15 is 0 Å². The van der Waals surface area contributed by atoms with Crippen LogP contribution in [0.5, 0.6) is 5.75 Å². The zero-order valence-electron chi connectivity index (χ0n) is 20.2. The van der Waals surface area contributed by atoms with Crippen molar-refractivity contribution in [2.24, 2.45) is 0 Å². The van der Waals surface area contributed by atoms with Gasteiger partial charge < -0.3 is 24.3 Å². The van der Waals surface area contributed by atoms with Crippen molar-refractivity contribution in [2.75, 3.05) is 27.4 Å². The summed E-state index contributed by atoms with van der Waals surface area (Å²) in [6.45, 7) is 5.44. The predicted molar refractivity (Wildman–Crippen MR) is 137 cm³/mol. The maximum atomic E-state index is 11.3. The van der Waals surface area contributed by atoms with Crippen LogP contribution in [-0.2, 0) is 4.74 Å². The number of aryl methyl sites for hydroxylation is 1. The molecule has 1 saturated heterocycles. The highest BCUT2D eigenvalue weighted by molar-refractivity contribution is 7.80. The van der Waals surface area contributed by atoms with Crippen LogP contribution < -0.4 is 10.1 Å². The molecule has 35 heavy (non-hydrogen) atoms. The van der Waals surface area contributed by atoms with Gasteiger partial charge in [0, 0.05) is 43.9 Å². The first-order chi connectivity index (χ1) is 16.9. The van der Waals surface area contributed by atoms with E-state index in [0.717, 1.165) is 41.3 Å². The van der Waals surface area contributed by atoms with Crippen LogP contribution >= 0.6 is 12.2 Å². The standard InChI is InChI=1S/C25H29N5O4S/c1-16-14-19(17(2)29(16)21-10-9-18(30(31)32)15-22(21)34-4)24-23(20-8-5-6-11-26-20)27-25(35)28(24)12-7-13-33-3/h5-6,8-11,14-15,23-24H,7,12-13H2,1-4H3,(H,27,35)/t23-,24-/m0/s1. The molecule has 2 atom stereocenters. The lowest BCUT2D eigenvalue weighted by molar-refractivity contribution is -0.384. The lowest BCUT2D eigenvalue weighted by atomic mass is 9.96. The molecule has 0 amide bonds. The molecule has 10 heteroatoms. The highest BCUT2D eigenvalue weighted by atomic mass is 32.1. The van der Waals surface area contributed by atoms with Gasteiger partial charge >= 0.3 is 0 Å². The largest absolute Gasteiger partial charge is 0.494 e. The van der Waals surface area contributed by atoms with Crippen molar-refractivity contribution in [3.63, 3.8) is 0 Å². The Bertz CT molecular complexity index is 1230. The van der Waals surface area contributed by atoms with E-state index in [1.807, 2.05) is 32.0 Å². The Morgan fingerprint density at radius 1 is 1.20 bits per heavy atom. The molecule has 1 N–H and O–H groups in total. The van der Waals surface area contributed by atoms with E-state index in [0.29, 0.717) is 17.5 Å². The summed E-state index contributed by atoms with van der Waals surface area (Å²) in [6.07, 6.45) is 2.62. The third-order valence-electron chi connectivity index (χ3n) is 6.35. The summed E-state index contributed by atoms with van der Waals surface area (Å²) in [5, 5.41) is 15.4. The zero-order valence-corrected chi connectivity index (χ0v) is 21.0. The second-order valence-electron chi connectivity index (χ2n) is 8.44. The average molecular weight is 496 g/mol. The number of non-ortho nitro benzene ring substituents is 1. The summed E-state index contributed by atoms with van der Waals surface area (Å²) in [5.41, 5.74) is 4.73. The van der Waals surface area contributed by atoms with E-state index in [1.165, 1.54) is 19.2 Å². The molecule has 0 bridgehead atoms. The molecule has 1 aromatic carbocycles. The number of ether oxygens (including phenoxy) is 2. The van der Waals surface area contributed by atoms with Crippen LogP contribution in [0.15, 0.2) is 48.7 Å². The molecule has 0 unspecified atom stereocenters. The lowest BCUT2D eigenvalue weighted by Crippen LogP contribution is -2.31. The number of hydrogen-bond acceptors (Lipinski definition) is 6. The van der Waals surface area contributed by atoms with Gasteiger partial charge in [-0.2, -0.15) is 0 Å². The van der Waals surface area contributed by atoms with Gasteiger partial charge in [0.2, 0.25) is 0 Å². The number of rotatable bonds is 9. The molecule has 1 aliphatic rings. The summed E-state index contributed by atoms with van der Waals surface area (Å²) in [6, 6.07) is 12.5. The third kappa shape index (κ3) is 4.71. The number of nitro groups is 1. The Kier molecular flexibility index (Phi) is 7.32. The van der Waals surface area contributed by atoms with Gasteiger partial charge in [-0.25, -0.2) is 0 Å². The fourth-order valence-corrected chi connectivity index (χ4v) is 5.12. The van der Waals surface area contributed by atoms with Gasteiger partial charge in [-0.15, -0.1) is 0 Å². The third-order valence-corrected chi connectivity index (χ3v) is 6.70. The first-order valence-electron chi connectivity index (χ1n) is 11.4. The first-order valence-corrected chi connectivity index (χ1v) is 11.8. The summed E-state index contributed by atoms with van der Waals surface area (Å²) in [4.78, 5) is 17.7. The average Bonchev–Trinajstić information content (AvgIpc) is 3.34. The maximum absolute atomic E-state index is 11.3. The second-order valence-corrected chi connectivity index (χ2v) is 8.83. The number of pyridine rings is 1. The number of benzene rings is 1. The molecule has 184 valence electrons. The molecule has 0 spiro atoms. The van der Waals surface area contributed by atoms with Crippen molar-refractivity contribution in [1.29, 1.82) is 0 Å². The summed E-state index contributed by atoms with van der Waals surface area (Å²) >= 11 is 5.75. The highest BCUT2D eigenvalue weighted by Crippen LogP contribution is 2.42. The van der Waals surface area contributed by atoms with E-state index < -0.39 is 4.92 Å². The van der Waals surface area contributed by atoms with Gasteiger partial charge in [-0.1, -0.05) is 6.07 Å². The molecule has 1 fully saturated rings. The molecular formula is C25H29N5O4S. The molecule has 4 rings (SSSR count). The minimum atomic E-state index is -0.423. The number of nitrogens with zero attached hydrogens (tertiary/aromatic N) is 4. The van der Waals surface area contributed by atoms with E-state index in [9.17, 15) is 10.1 Å². The summed E-state index contributed by atoms with van der Waals surface area (Å²) in [5.74, 6) is 0.436. The van der Waals surface area contributed by atoms with Crippen LogP contribution in [0.2, 0.25) is 0 Å². The molecule has 1 aliphatic heterocycles. The lowest BCUT2D eigenvalue weighted by Gasteiger charge is -2.28. The monoisotopic (exact) mass is 495 g/mol. The van der Waals surface area contributed by atoms with Crippen LogP contribution in [0.1, 0.15) is 41.1 Å². The quantitative estimate of drug-likeness (QED) is 0.202. The van der Waals surface area contributed by atoms with Crippen LogP contribution in [0.25, 0.3) is 5.69 Å². The molecule has 9 nitrogen and oxygen atoms in total. The number of aromatic nitrogens is 2. The van der Waals surface area contributed by atoms with Crippen LogP contribution in [0, 0.1) is 24.0 Å². The Balaban J connectivity index is 1.82. The number of nitro benzene ring substituents is 1. The summed E-state index contributed by atoms with van der Waals surface area (Å²) in [7, 11) is 3.21. The Morgan fingerprint density at radius 3 is 2.66 bits per heavy atom. The Labute approximate surface area is 209 Å². The van der Waals surface area contributed by atoms with Gasteiger partial charge in [0.25, 0.3) is 5.69 Å². The van der Waals surface area contributed by atoms with Crippen molar-refractivity contribution in [3.05, 3.63) is 81.4 Å². The molecule has 0 aliphatic carbocycles. The SMILES string of the molecule is COCCCN1C(=S)N[C@@H](c2ccccn2)[C@@H]1c1cc(C)n(-c2ccc([N+](=O)[O-])cc2OC)c1C. The van der Waals surface area contributed by atoms with Crippen molar-refractivity contribution >= 4 is 23.0 Å². The predicted octanol–water partition coefficient (Wildman–Crippen LogP) is 4.41. The maximum Gasteiger partial charge on any atom is 0.273 e. The number of hydrogen-bond donors (Lipinski definition) is 1. The summed E-state index contributed by atoms with van der Waals surface area (Å²) < 4.78 is 12.9. The van der Waals surface area contributed by atoms with Crippen molar-refractivity contribution in [2.45, 2.75) is 32.4 Å². The normalized spacial score (nSPS) is 17.5. The fraction of sp³-hybridized carbons (Fsp3) is 0.360. The number of thiocarbonyl (C=S) groups is 1. The molecule has 0 radical (unpaired) electrons. The molecular weight excluding hydrogens is 466 g/mol.